The summed E-state index contributed by atoms with van der Waals surface area (Å²) in [5.41, 5.74) is 3.68. The first kappa shape index (κ1) is 10.2. The van der Waals surface area contributed by atoms with Crippen molar-refractivity contribution in [2.45, 2.75) is 58.2 Å². The number of hydrogen-bond acceptors (Lipinski definition) is 3. The number of hydrogen-bond donors (Lipinski definition) is 0. The van der Waals surface area contributed by atoms with E-state index in [0.29, 0.717) is 12.0 Å². The summed E-state index contributed by atoms with van der Waals surface area (Å²) < 4.78 is 5.92. The van der Waals surface area contributed by atoms with Gasteiger partial charge >= 0.3 is 0 Å². The highest BCUT2D eigenvalue weighted by atomic mass is 16.5. The molecule has 2 aliphatic heterocycles. The number of ether oxygens (including phenoxy) is 1. The second-order valence-corrected chi connectivity index (χ2v) is 5.21. The highest BCUT2D eigenvalue weighted by Gasteiger charge is 2.36. The topological polar surface area (TPSA) is 35.0 Å². The molecule has 3 heteroatoms. The summed E-state index contributed by atoms with van der Waals surface area (Å²) in [6, 6.07) is 0. The zero-order valence-electron chi connectivity index (χ0n) is 10.2. The molecule has 0 aliphatic carbocycles. The summed E-state index contributed by atoms with van der Waals surface area (Å²) in [7, 11) is 0. The van der Waals surface area contributed by atoms with Gasteiger partial charge in [-0.2, -0.15) is 0 Å². The van der Waals surface area contributed by atoms with Crippen LogP contribution in [-0.4, -0.2) is 16.1 Å². The normalized spacial score (nSPS) is 27.2. The fourth-order valence-electron chi connectivity index (χ4n) is 2.70. The van der Waals surface area contributed by atoms with Crippen LogP contribution in [0.4, 0.5) is 0 Å². The Morgan fingerprint density at radius 3 is 2.81 bits per heavy atom. The van der Waals surface area contributed by atoms with Gasteiger partial charge in [-0.3, -0.25) is 0 Å². The van der Waals surface area contributed by atoms with E-state index < -0.39 is 0 Å². The molecule has 2 bridgehead atoms. The molecule has 0 saturated carbocycles. The summed E-state index contributed by atoms with van der Waals surface area (Å²) in [6.45, 7) is 6.39. The van der Waals surface area contributed by atoms with E-state index in [1.54, 1.807) is 0 Å². The monoisotopic (exact) mass is 218 g/mol. The summed E-state index contributed by atoms with van der Waals surface area (Å²) in [6.07, 6.45) is 3.98. The SMILES string of the molecule is Cc1nc(C(C)C)nc2c1CC1CCC2O1. The fraction of sp³-hybridized carbons (Fsp3) is 0.692. The Morgan fingerprint density at radius 2 is 2.06 bits per heavy atom. The van der Waals surface area contributed by atoms with Gasteiger partial charge in [0.15, 0.2) is 0 Å². The van der Waals surface area contributed by atoms with Crippen LogP contribution < -0.4 is 0 Å². The molecule has 2 unspecified atom stereocenters. The van der Waals surface area contributed by atoms with Crippen LogP contribution in [0.2, 0.25) is 0 Å². The zero-order valence-corrected chi connectivity index (χ0v) is 10.2. The molecule has 1 aromatic rings. The summed E-state index contributed by atoms with van der Waals surface area (Å²) >= 11 is 0. The molecule has 1 fully saturated rings. The average Bonchev–Trinajstić information content (AvgIpc) is 2.63. The van der Waals surface area contributed by atoms with E-state index in [4.69, 9.17) is 9.72 Å². The first-order valence-corrected chi connectivity index (χ1v) is 6.18. The van der Waals surface area contributed by atoms with E-state index >= 15 is 0 Å². The van der Waals surface area contributed by atoms with E-state index in [9.17, 15) is 0 Å². The lowest BCUT2D eigenvalue weighted by Gasteiger charge is -2.25. The van der Waals surface area contributed by atoms with Gasteiger partial charge in [0.2, 0.25) is 0 Å². The number of fused-ring (bicyclic) bond motifs is 4. The molecule has 0 radical (unpaired) electrons. The van der Waals surface area contributed by atoms with Crippen LogP contribution in [0.1, 0.15) is 61.5 Å². The third-order valence-corrected chi connectivity index (χ3v) is 3.62. The van der Waals surface area contributed by atoms with Crippen molar-refractivity contribution >= 4 is 0 Å². The lowest BCUT2D eigenvalue weighted by atomic mass is 10.0. The van der Waals surface area contributed by atoms with Gasteiger partial charge in [-0.05, 0) is 19.8 Å². The van der Waals surface area contributed by atoms with E-state index in [1.165, 1.54) is 17.7 Å². The van der Waals surface area contributed by atoms with Crippen molar-refractivity contribution in [2.75, 3.05) is 0 Å². The summed E-state index contributed by atoms with van der Waals surface area (Å²) in [4.78, 5) is 9.33. The minimum absolute atomic E-state index is 0.243. The van der Waals surface area contributed by atoms with Crippen molar-refractivity contribution in [3.05, 3.63) is 22.8 Å². The maximum Gasteiger partial charge on any atom is 0.131 e. The molecule has 3 heterocycles. The predicted octanol–water partition coefficient (Wildman–Crippen LogP) is 2.68. The van der Waals surface area contributed by atoms with Crippen LogP contribution in [0.25, 0.3) is 0 Å². The van der Waals surface area contributed by atoms with E-state index in [2.05, 4.69) is 25.8 Å². The minimum atomic E-state index is 0.243. The van der Waals surface area contributed by atoms with Crippen LogP contribution in [-0.2, 0) is 11.2 Å². The van der Waals surface area contributed by atoms with Gasteiger partial charge in [-0.1, -0.05) is 13.8 Å². The van der Waals surface area contributed by atoms with Crippen molar-refractivity contribution in [1.82, 2.24) is 9.97 Å². The van der Waals surface area contributed by atoms with Crippen molar-refractivity contribution in [3.63, 3.8) is 0 Å². The van der Waals surface area contributed by atoms with Crippen molar-refractivity contribution < 1.29 is 4.74 Å². The minimum Gasteiger partial charge on any atom is -0.368 e. The Hall–Kier alpha value is -0.960. The number of aryl methyl sites for hydroxylation is 1. The molecule has 1 saturated heterocycles. The van der Waals surface area contributed by atoms with E-state index in [-0.39, 0.29) is 6.10 Å². The molecular formula is C13H18N2O. The van der Waals surface area contributed by atoms with Gasteiger partial charge in [0.25, 0.3) is 0 Å². The summed E-state index contributed by atoms with van der Waals surface area (Å²) in [5.74, 6) is 1.35. The average molecular weight is 218 g/mol. The van der Waals surface area contributed by atoms with Crippen LogP contribution in [0, 0.1) is 6.92 Å². The Kier molecular flexibility index (Phi) is 2.25. The Bertz CT molecular complexity index is 428. The first-order chi connectivity index (χ1) is 7.65. The highest BCUT2D eigenvalue weighted by Crippen LogP contribution is 2.40. The molecular weight excluding hydrogens is 200 g/mol. The van der Waals surface area contributed by atoms with Gasteiger partial charge in [0.05, 0.1) is 11.8 Å². The molecule has 0 aromatic carbocycles. The third-order valence-electron chi connectivity index (χ3n) is 3.62. The van der Waals surface area contributed by atoms with Gasteiger partial charge < -0.3 is 4.74 Å². The van der Waals surface area contributed by atoms with Crippen molar-refractivity contribution in [3.8, 4) is 0 Å². The molecule has 3 rings (SSSR count). The van der Waals surface area contributed by atoms with Gasteiger partial charge in [-0.15, -0.1) is 0 Å². The molecule has 3 nitrogen and oxygen atoms in total. The number of rotatable bonds is 1. The zero-order chi connectivity index (χ0) is 11.3. The Labute approximate surface area is 96.3 Å². The van der Waals surface area contributed by atoms with Crippen molar-refractivity contribution in [2.24, 2.45) is 0 Å². The maximum atomic E-state index is 5.92. The molecule has 0 spiro atoms. The summed E-state index contributed by atoms with van der Waals surface area (Å²) in [5, 5.41) is 0. The molecule has 0 amide bonds. The second kappa shape index (κ2) is 3.52. The lowest BCUT2D eigenvalue weighted by Crippen LogP contribution is -2.22. The van der Waals surface area contributed by atoms with Gasteiger partial charge in [-0.25, -0.2) is 9.97 Å². The second-order valence-electron chi connectivity index (χ2n) is 5.21. The molecule has 0 N–H and O–H groups in total. The maximum absolute atomic E-state index is 5.92. The quantitative estimate of drug-likeness (QED) is 0.727. The van der Waals surface area contributed by atoms with Crippen LogP contribution in [0.3, 0.4) is 0 Å². The van der Waals surface area contributed by atoms with Crippen molar-refractivity contribution in [1.29, 1.82) is 0 Å². The molecule has 86 valence electrons. The standard InChI is InChI=1S/C13H18N2O/c1-7(2)13-14-8(3)10-6-9-4-5-11(16-9)12(10)15-13/h7,9,11H,4-6H2,1-3H3. The predicted molar refractivity (Wildman–Crippen MR) is 61.4 cm³/mol. The molecule has 2 aliphatic rings. The fourth-order valence-corrected chi connectivity index (χ4v) is 2.70. The van der Waals surface area contributed by atoms with Gasteiger partial charge in [0, 0.05) is 23.6 Å². The highest BCUT2D eigenvalue weighted by molar-refractivity contribution is 5.31. The third kappa shape index (κ3) is 1.46. The van der Waals surface area contributed by atoms with Crippen LogP contribution >= 0.6 is 0 Å². The molecule has 1 aromatic heterocycles. The van der Waals surface area contributed by atoms with Gasteiger partial charge in [0.1, 0.15) is 11.9 Å². The van der Waals surface area contributed by atoms with E-state index in [1.807, 2.05) is 0 Å². The molecule has 2 atom stereocenters. The van der Waals surface area contributed by atoms with Crippen LogP contribution in [0.15, 0.2) is 0 Å². The number of aromatic nitrogens is 2. The Balaban J connectivity index is 2.11. The van der Waals surface area contributed by atoms with E-state index in [0.717, 1.165) is 24.4 Å². The number of nitrogens with zero attached hydrogens (tertiary/aromatic N) is 2. The smallest absolute Gasteiger partial charge is 0.131 e. The molecule has 16 heavy (non-hydrogen) atoms. The van der Waals surface area contributed by atoms with Crippen LogP contribution in [0.5, 0.6) is 0 Å². The lowest BCUT2D eigenvalue weighted by molar-refractivity contribution is 0.0287. The first-order valence-electron chi connectivity index (χ1n) is 6.18. The largest absolute Gasteiger partial charge is 0.368 e. The Morgan fingerprint density at radius 1 is 1.25 bits per heavy atom.